The molecule has 0 saturated heterocycles. The Morgan fingerprint density at radius 2 is 1.67 bits per heavy atom. The predicted octanol–water partition coefficient (Wildman–Crippen LogP) is -1.12. The van der Waals surface area contributed by atoms with Crippen molar-refractivity contribution in [3.05, 3.63) is 12.2 Å². The van der Waals surface area contributed by atoms with Crippen LogP contribution >= 0.6 is 0 Å². The van der Waals surface area contributed by atoms with Crippen LogP contribution < -0.4 is 0 Å². The summed E-state index contributed by atoms with van der Waals surface area (Å²) in [6.45, 7) is 4.60. The molecule has 0 aromatic rings. The van der Waals surface area contributed by atoms with Crippen LogP contribution in [0.5, 0.6) is 0 Å². The van der Waals surface area contributed by atoms with E-state index in [1.807, 2.05) is 0 Å². The lowest BCUT2D eigenvalue weighted by molar-refractivity contribution is -0.132. The van der Waals surface area contributed by atoms with E-state index in [2.05, 4.69) is 6.58 Å². The summed E-state index contributed by atoms with van der Waals surface area (Å²) in [4.78, 5) is 9.60. The Morgan fingerprint density at radius 1 is 1.56 bits per heavy atom. The molecule has 0 saturated carbocycles. The van der Waals surface area contributed by atoms with Crippen LogP contribution in [0.1, 0.15) is 6.92 Å². The molecule has 0 spiro atoms. The van der Waals surface area contributed by atoms with E-state index < -0.39 is 13.7 Å². The van der Waals surface area contributed by atoms with E-state index >= 15 is 0 Å². The Hall–Kier alpha value is -0.805. The molecule has 0 aliphatic carbocycles. The van der Waals surface area contributed by atoms with E-state index in [4.69, 9.17) is 15.2 Å². The molecule has 0 heterocycles. The highest BCUT2D eigenvalue weighted by atomic mass is 16.4. The minimum Gasteiger partial charge on any atom is -0.478 e. The van der Waals surface area contributed by atoms with Crippen LogP contribution in [0.15, 0.2) is 12.2 Å². The van der Waals surface area contributed by atoms with E-state index in [0.717, 1.165) is 0 Å². The van der Waals surface area contributed by atoms with Gasteiger partial charge in [-0.2, -0.15) is 0 Å². The highest BCUT2D eigenvalue weighted by molar-refractivity contribution is 6.13. The van der Waals surface area contributed by atoms with Gasteiger partial charge in [-0.1, -0.05) is 6.58 Å². The lowest BCUT2D eigenvalue weighted by atomic mass is 10.4. The normalized spacial score (nSPS) is 6.56. The van der Waals surface area contributed by atoms with Gasteiger partial charge in [0, 0.05) is 5.57 Å². The maximum absolute atomic E-state index is 9.60. The monoisotopic (exact) mass is 132 g/mol. The molecule has 0 atom stereocenters. The first-order valence-electron chi connectivity index (χ1n) is 2.16. The van der Waals surface area contributed by atoms with Gasteiger partial charge in [-0.05, 0) is 6.92 Å². The summed E-state index contributed by atoms with van der Waals surface area (Å²) in [6.07, 6.45) is 0. The van der Waals surface area contributed by atoms with E-state index in [1.165, 1.54) is 6.92 Å². The number of carbonyl (C=O) groups is 1. The summed E-state index contributed by atoms with van der Waals surface area (Å²) in [7, 11) is -0.750. The zero-order valence-electron chi connectivity index (χ0n) is 5.16. The van der Waals surface area contributed by atoms with Crippen molar-refractivity contribution in [1.29, 1.82) is 0 Å². The Kier molecular flexibility index (Phi) is 8.84. The van der Waals surface area contributed by atoms with Crippen LogP contribution in [-0.4, -0.2) is 28.8 Å². The van der Waals surface area contributed by atoms with Gasteiger partial charge in [0.05, 0.1) is 0 Å². The number of rotatable bonds is 1. The zero-order chi connectivity index (χ0) is 7.86. The van der Waals surface area contributed by atoms with Crippen LogP contribution in [0.3, 0.4) is 0 Å². The molecule has 52 valence electrons. The lowest BCUT2D eigenvalue weighted by Crippen LogP contribution is -1.92. The van der Waals surface area contributed by atoms with Crippen molar-refractivity contribution in [2.45, 2.75) is 6.92 Å². The van der Waals surface area contributed by atoms with Crippen molar-refractivity contribution in [3.63, 3.8) is 0 Å². The number of hydrogen-bond acceptors (Lipinski definition) is 3. The second-order valence-corrected chi connectivity index (χ2v) is 1.23. The zero-order valence-corrected chi connectivity index (χ0v) is 5.16. The molecule has 5 heteroatoms. The van der Waals surface area contributed by atoms with Gasteiger partial charge < -0.3 is 15.2 Å². The quantitative estimate of drug-likeness (QED) is 0.312. The Morgan fingerprint density at radius 3 is 1.67 bits per heavy atom. The summed E-state index contributed by atoms with van der Waals surface area (Å²) in [5, 5.41) is 22.1. The van der Waals surface area contributed by atoms with Crippen LogP contribution in [0.25, 0.3) is 0 Å². The molecule has 0 rings (SSSR count). The fourth-order valence-electron chi connectivity index (χ4n) is 0. The molecule has 4 nitrogen and oxygen atoms in total. The van der Waals surface area contributed by atoms with E-state index in [0.29, 0.717) is 0 Å². The van der Waals surface area contributed by atoms with Gasteiger partial charge in [0.25, 0.3) is 0 Å². The van der Waals surface area contributed by atoms with E-state index in [9.17, 15) is 4.79 Å². The number of carboxylic acid groups (broad SMARTS) is 1. The third kappa shape index (κ3) is 19.0. The SMILES string of the molecule is C=C(C)C(=O)O.OBO. The third-order valence-electron chi connectivity index (χ3n) is 0.365. The summed E-state index contributed by atoms with van der Waals surface area (Å²) in [5.74, 6) is -0.935. The summed E-state index contributed by atoms with van der Waals surface area (Å²) >= 11 is 0. The summed E-state index contributed by atoms with van der Waals surface area (Å²) in [5.41, 5.74) is 0.176. The third-order valence-corrected chi connectivity index (χ3v) is 0.365. The van der Waals surface area contributed by atoms with Crippen molar-refractivity contribution in [1.82, 2.24) is 0 Å². The molecular weight excluding hydrogens is 123 g/mol. The fraction of sp³-hybridized carbons (Fsp3) is 0.250. The molecule has 0 aliphatic rings. The highest BCUT2D eigenvalue weighted by Crippen LogP contribution is 1.81. The van der Waals surface area contributed by atoms with Gasteiger partial charge in [0.15, 0.2) is 0 Å². The topological polar surface area (TPSA) is 77.8 Å². The van der Waals surface area contributed by atoms with Gasteiger partial charge in [-0.15, -0.1) is 0 Å². The standard InChI is InChI=1S/C4H6O2.BH3O2/c1-3(2)4(5)6;2-1-3/h1H2,2H3,(H,5,6);1-3H. The number of hydrogen-bond donors (Lipinski definition) is 3. The predicted molar refractivity (Wildman–Crippen MR) is 34.0 cm³/mol. The largest absolute Gasteiger partial charge is 0.478 e. The minimum atomic E-state index is -0.935. The van der Waals surface area contributed by atoms with Gasteiger partial charge in [0.1, 0.15) is 0 Å². The lowest BCUT2D eigenvalue weighted by Gasteiger charge is -1.79. The van der Waals surface area contributed by atoms with Crippen LogP contribution in [0, 0.1) is 0 Å². The van der Waals surface area contributed by atoms with Gasteiger partial charge >= 0.3 is 13.7 Å². The van der Waals surface area contributed by atoms with E-state index in [-0.39, 0.29) is 5.57 Å². The van der Waals surface area contributed by atoms with Gasteiger partial charge in [-0.25, -0.2) is 4.79 Å². The maximum atomic E-state index is 9.60. The Labute approximate surface area is 53.8 Å². The maximum Gasteiger partial charge on any atom is 0.432 e. The summed E-state index contributed by atoms with van der Waals surface area (Å²) in [6, 6.07) is 0. The molecule has 0 aliphatic heterocycles. The Balaban J connectivity index is 0. The van der Waals surface area contributed by atoms with Crippen molar-refractivity contribution in [3.8, 4) is 0 Å². The molecule has 0 aromatic heterocycles. The molecule has 0 amide bonds. The van der Waals surface area contributed by atoms with Crippen molar-refractivity contribution < 1.29 is 19.9 Å². The summed E-state index contributed by atoms with van der Waals surface area (Å²) < 4.78 is 0. The fourth-order valence-corrected chi connectivity index (χ4v) is 0. The van der Waals surface area contributed by atoms with Gasteiger partial charge in [0.2, 0.25) is 0 Å². The second-order valence-electron chi connectivity index (χ2n) is 1.23. The van der Waals surface area contributed by atoms with E-state index in [1.54, 1.807) is 0 Å². The first kappa shape index (κ1) is 11.1. The van der Waals surface area contributed by atoms with Crippen molar-refractivity contribution >= 4 is 13.7 Å². The van der Waals surface area contributed by atoms with Gasteiger partial charge in [-0.3, -0.25) is 0 Å². The first-order valence-corrected chi connectivity index (χ1v) is 2.16. The first-order chi connectivity index (χ1) is 4.06. The molecule has 0 aromatic carbocycles. The molecular formula is C4H9BO4. The second kappa shape index (κ2) is 7.19. The smallest absolute Gasteiger partial charge is 0.432 e. The molecule has 3 N–H and O–H groups in total. The van der Waals surface area contributed by atoms with Crippen LogP contribution in [-0.2, 0) is 4.79 Å². The number of aliphatic carboxylic acids is 1. The molecule has 0 unspecified atom stereocenters. The molecule has 9 heavy (non-hydrogen) atoms. The highest BCUT2D eigenvalue weighted by Gasteiger charge is 1.90. The Bertz CT molecular complexity index is 88.7. The molecule has 0 fully saturated rings. The number of carboxylic acids is 1. The van der Waals surface area contributed by atoms with Crippen molar-refractivity contribution in [2.75, 3.05) is 0 Å². The average molecular weight is 132 g/mol. The van der Waals surface area contributed by atoms with Crippen LogP contribution in [0.4, 0.5) is 0 Å². The van der Waals surface area contributed by atoms with Crippen LogP contribution in [0.2, 0.25) is 0 Å². The average Bonchev–Trinajstić information content (AvgIpc) is 1.68. The molecule has 0 bridgehead atoms. The minimum absolute atomic E-state index is 0.176. The van der Waals surface area contributed by atoms with Crippen molar-refractivity contribution in [2.24, 2.45) is 0 Å². The molecule has 0 radical (unpaired) electrons.